The number of ether oxygens (including phenoxy) is 1. The van der Waals surface area contributed by atoms with Crippen molar-refractivity contribution in [3.05, 3.63) is 35.9 Å². The predicted octanol–water partition coefficient (Wildman–Crippen LogP) is 0.208. The van der Waals surface area contributed by atoms with Crippen LogP contribution < -0.4 is 11.1 Å². The fraction of sp³-hybridized carbons (Fsp3) is 0.500. The van der Waals surface area contributed by atoms with Gasteiger partial charge in [-0.3, -0.25) is 9.69 Å². The molecule has 1 aromatic carbocycles. The normalized spacial score (nSPS) is 12.4. The Hall–Kier alpha value is -1.43. The van der Waals surface area contributed by atoms with Crippen LogP contribution in [0.5, 0.6) is 0 Å². The van der Waals surface area contributed by atoms with Crippen LogP contribution in [0.1, 0.15) is 5.56 Å². The number of carbonyl (C=O) groups is 1. The number of nitrogens with two attached hydrogens (primary N) is 1. The zero-order valence-corrected chi connectivity index (χ0v) is 11.6. The molecule has 5 nitrogen and oxygen atoms in total. The molecule has 19 heavy (non-hydrogen) atoms. The minimum atomic E-state index is -0.0723. The van der Waals surface area contributed by atoms with E-state index in [1.165, 1.54) is 0 Å². The number of hydrogen-bond acceptors (Lipinski definition) is 4. The van der Waals surface area contributed by atoms with Crippen molar-refractivity contribution in [2.75, 3.05) is 33.9 Å². The Labute approximate surface area is 114 Å². The molecule has 0 aliphatic rings. The van der Waals surface area contributed by atoms with E-state index < -0.39 is 0 Å². The third kappa shape index (κ3) is 6.91. The Morgan fingerprint density at radius 2 is 2.11 bits per heavy atom. The first-order chi connectivity index (χ1) is 9.11. The molecule has 106 valence electrons. The van der Waals surface area contributed by atoms with E-state index in [9.17, 15) is 4.79 Å². The molecule has 1 rings (SSSR count). The van der Waals surface area contributed by atoms with E-state index in [1.54, 1.807) is 7.11 Å². The summed E-state index contributed by atoms with van der Waals surface area (Å²) in [5.74, 6) is -0.00373. The first kappa shape index (κ1) is 15.6. The molecule has 5 heteroatoms. The summed E-state index contributed by atoms with van der Waals surface area (Å²) >= 11 is 0. The predicted molar refractivity (Wildman–Crippen MR) is 75.6 cm³/mol. The highest BCUT2D eigenvalue weighted by Gasteiger charge is 2.10. The number of nitrogens with one attached hydrogen (secondary N) is 1. The van der Waals surface area contributed by atoms with Gasteiger partial charge in [0.15, 0.2) is 0 Å². The molecular formula is C14H23N3O2. The van der Waals surface area contributed by atoms with Gasteiger partial charge in [-0.25, -0.2) is 0 Å². The number of methoxy groups -OCH3 is 1. The van der Waals surface area contributed by atoms with E-state index in [1.807, 2.05) is 42.3 Å². The van der Waals surface area contributed by atoms with Crippen molar-refractivity contribution in [1.29, 1.82) is 0 Å². The standard InChI is InChI=1S/C14H23N3O2/c1-17(9-13(15)11-19-2)10-14(18)16-8-12-6-4-3-5-7-12/h3-7,13H,8-11,15H2,1-2H3,(H,16,18). The van der Waals surface area contributed by atoms with Crippen LogP contribution >= 0.6 is 0 Å². The first-order valence-electron chi connectivity index (χ1n) is 6.35. The van der Waals surface area contributed by atoms with Gasteiger partial charge in [0.2, 0.25) is 5.91 Å². The largest absolute Gasteiger partial charge is 0.383 e. The molecular weight excluding hydrogens is 242 g/mol. The van der Waals surface area contributed by atoms with Gasteiger partial charge in [0.1, 0.15) is 0 Å². The monoisotopic (exact) mass is 265 g/mol. The summed E-state index contributed by atoms with van der Waals surface area (Å²) in [7, 11) is 3.49. The number of nitrogens with zero attached hydrogens (tertiary/aromatic N) is 1. The van der Waals surface area contributed by atoms with E-state index in [0.29, 0.717) is 26.2 Å². The van der Waals surface area contributed by atoms with Gasteiger partial charge in [0.05, 0.1) is 13.2 Å². The Morgan fingerprint density at radius 3 is 2.74 bits per heavy atom. The molecule has 1 aromatic rings. The highest BCUT2D eigenvalue weighted by molar-refractivity contribution is 5.77. The number of carbonyl (C=O) groups excluding carboxylic acids is 1. The molecule has 0 heterocycles. The van der Waals surface area contributed by atoms with E-state index >= 15 is 0 Å². The third-order valence-electron chi connectivity index (χ3n) is 2.67. The van der Waals surface area contributed by atoms with Crippen LogP contribution in [0.4, 0.5) is 0 Å². The molecule has 0 bridgehead atoms. The minimum Gasteiger partial charge on any atom is -0.383 e. The molecule has 0 saturated carbocycles. The highest BCUT2D eigenvalue weighted by atomic mass is 16.5. The van der Waals surface area contributed by atoms with Crippen LogP contribution in [0, 0.1) is 0 Å². The van der Waals surface area contributed by atoms with Crippen molar-refractivity contribution in [1.82, 2.24) is 10.2 Å². The summed E-state index contributed by atoms with van der Waals surface area (Å²) in [4.78, 5) is 13.6. The quantitative estimate of drug-likeness (QED) is 0.705. The Bertz CT molecular complexity index is 370. The summed E-state index contributed by atoms with van der Waals surface area (Å²) in [6.07, 6.45) is 0. The van der Waals surface area contributed by atoms with Crippen LogP contribution in [-0.4, -0.2) is 50.7 Å². The first-order valence-corrected chi connectivity index (χ1v) is 6.35. The van der Waals surface area contributed by atoms with E-state index in [2.05, 4.69) is 5.32 Å². The zero-order valence-electron chi connectivity index (χ0n) is 11.6. The van der Waals surface area contributed by atoms with Crippen LogP contribution in [0.25, 0.3) is 0 Å². The second kappa shape index (κ2) is 8.63. The van der Waals surface area contributed by atoms with Crippen molar-refractivity contribution in [2.45, 2.75) is 12.6 Å². The van der Waals surface area contributed by atoms with Crippen LogP contribution in [0.15, 0.2) is 30.3 Å². The molecule has 0 aliphatic heterocycles. The molecule has 0 fully saturated rings. The second-order valence-electron chi connectivity index (χ2n) is 4.67. The summed E-state index contributed by atoms with van der Waals surface area (Å²) in [5, 5.41) is 2.88. The number of hydrogen-bond donors (Lipinski definition) is 2. The molecule has 1 unspecified atom stereocenters. The SMILES string of the molecule is COCC(N)CN(C)CC(=O)NCc1ccccc1. The molecule has 0 aliphatic carbocycles. The molecule has 0 spiro atoms. The maximum atomic E-state index is 11.7. The maximum Gasteiger partial charge on any atom is 0.234 e. The van der Waals surface area contributed by atoms with Gasteiger partial charge < -0.3 is 15.8 Å². The van der Waals surface area contributed by atoms with Gasteiger partial charge in [0, 0.05) is 26.2 Å². The minimum absolute atomic E-state index is 0.00373. The molecule has 0 aromatic heterocycles. The van der Waals surface area contributed by atoms with Crippen LogP contribution in [0.2, 0.25) is 0 Å². The Morgan fingerprint density at radius 1 is 1.42 bits per heavy atom. The van der Waals surface area contributed by atoms with Crippen molar-refractivity contribution < 1.29 is 9.53 Å². The Balaban J connectivity index is 2.23. The second-order valence-corrected chi connectivity index (χ2v) is 4.67. The number of rotatable bonds is 8. The highest BCUT2D eigenvalue weighted by Crippen LogP contribution is 1.97. The summed E-state index contributed by atoms with van der Waals surface area (Å²) in [6, 6.07) is 9.76. The van der Waals surface area contributed by atoms with Crippen LogP contribution in [0.3, 0.4) is 0 Å². The average molecular weight is 265 g/mol. The maximum absolute atomic E-state index is 11.7. The zero-order chi connectivity index (χ0) is 14.1. The molecule has 0 saturated heterocycles. The van der Waals surface area contributed by atoms with Crippen molar-refractivity contribution in [3.8, 4) is 0 Å². The molecule has 1 atom stereocenters. The topological polar surface area (TPSA) is 67.6 Å². The smallest absolute Gasteiger partial charge is 0.234 e. The lowest BCUT2D eigenvalue weighted by molar-refractivity contribution is -0.122. The lowest BCUT2D eigenvalue weighted by Gasteiger charge is -2.20. The fourth-order valence-corrected chi connectivity index (χ4v) is 1.83. The van der Waals surface area contributed by atoms with Crippen molar-refractivity contribution in [3.63, 3.8) is 0 Å². The number of benzene rings is 1. The number of amides is 1. The van der Waals surface area contributed by atoms with E-state index in [0.717, 1.165) is 5.56 Å². The lowest BCUT2D eigenvalue weighted by atomic mass is 10.2. The van der Waals surface area contributed by atoms with Gasteiger partial charge in [-0.2, -0.15) is 0 Å². The Kier molecular flexibility index (Phi) is 7.10. The average Bonchev–Trinajstić information content (AvgIpc) is 2.37. The summed E-state index contributed by atoms with van der Waals surface area (Å²) < 4.78 is 4.96. The lowest BCUT2D eigenvalue weighted by Crippen LogP contribution is -2.42. The van der Waals surface area contributed by atoms with Crippen molar-refractivity contribution in [2.24, 2.45) is 5.73 Å². The van der Waals surface area contributed by atoms with Crippen molar-refractivity contribution >= 4 is 5.91 Å². The summed E-state index contributed by atoms with van der Waals surface area (Å²) in [6.45, 7) is 2.02. The van der Waals surface area contributed by atoms with Crippen LogP contribution in [-0.2, 0) is 16.1 Å². The summed E-state index contributed by atoms with van der Waals surface area (Å²) in [5.41, 5.74) is 6.92. The van der Waals surface area contributed by atoms with E-state index in [-0.39, 0.29) is 11.9 Å². The van der Waals surface area contributed by atoms with Gasteiger partial charge in [0.25, 0.3) is 0 Å². The number of likely N-dealkylation sites (N-methyl/N-ethyl adjacent to an activating group) is 1. The van der Waals surface area contributed by atoms with Gasteiger partial charge >= 0.3 is 0 Å². The molecule has 3 N–H and O–H groups in total. The fourth-order valence-electron chi connectivity index (χ4n) is 1.83. The van der Waals surface area contributed by atoms with Gasteiger partial charge in [-0.15, -0.1) is 0 Å². The van der Waals surface area contributed by atoms with Gasteiger partial charge in [-0.1, -0.05) is 30.3 Å². The van der Waals surface area contributed by atoms with E-state index in [4.69, 9.17) is 10.5 Å². The third-order valence-corrected chi connectivity index (χ3v) is 2.67. The molecule has 1 amide bonds. The molecule has 0 radical (unpaired) electrons. The van der Waals surface area contributed by atoms with Gasteiger partial charge in [-0.05, 0) is 12.6 Å².